The summed E-state index contributed by atoms with van der Waals surface area (Å²) in [5.74, 6) is 0.696. The summed E-state index contributed by atoms with van der Waals surface area (Å²) < 4.78 is 11.0. The lowest BCUT2D eigenvalue weighted by Gasteiger charge is -2.18. The van der Waals surface area contributed by atoms with Gasteiger partial charge in [0.2, 0.25) is 0 Å². The molecule has 0 saturated heterocycles. The Kier molecular flexibility index (Phi) is 11.9. The lowest BCUT2D eigenvalue weighted by molar-refractivity contribution is 0.0494. The van der Waals surface area contributed by atoms with Gasteiger partial charge in [0, 0.05) is 19.6 Å². The average molecular weight is 248 g/mol. The molecule has 0 aromatic rings. The van der Waals surface area contributed by atoms with Crippen molar-refractivity contribution >= 4 is 12.6 Å². The summed E-state index contributed by atoms with van der Waals surface area (Å²) in [6.07, 6.45) is 5.93. The second-order valence-electron chi connectivity index (χ2n) is 4.19. The van der Waals surface area contributed by atoms with Gasteiger partial charge in [-0.1, -0.05) is 33.1 Å². The molecule has 3 heteroatoms. The quantitative estimate of drug-likeness (QED) is 0.339. The van der Waals surface area contributed by atoms with Crippen LogP contribution in [0.1, 0.15) is 52.9 Å². The normalized spacial score (nSPS) is 15.0. The third-order valence-corrected chi connectivity index (χ3v) is 3.19. The molecule has 0 saturated carbocycles. The smallest absolute Gasteiger partial charge is 0.102 e. The zero-order chi connectivity index (χ0) is 12.2. The maximum absolute atomic E-state index is 5.72. The highest BCUT2D eigenvalue weighted by Crippen LogP contribution is 2.15. The van der Waals surface area contributed by atoms with E-state index in [1.165, 1.54) is 25.7 Å². The predicted molar refractivity (Wildman–Crippen MR) is 73.1 cm³/mol. The van der Waals surface area contributed by atoms with Crippen LogP contribution in [0.25, 0.3) is 0 Å². The van der Waals surface area contributed by atoms with Gasteiger partial charge in [-0.05, 0) is 19.3 Å². The molecule has 0 aromatic heterocycles. The van der Waals surface area contributed by atoms with Gasteiger partial charge in [-0.3, -0.25) is 0 Å². The van der Waals surface area contributed by atoms with Crippen molar-refractivity contribution in [1.29, 1.82) is 0 Å². The third-order valence-electron chi connectivity index (χ3n) is 2.78. The monoisotopic (exact) mass is 248 g/mol. The summed E-state index contributed by atoms with van der Waals surface area (Å²) in [4.78, 5) is 0. The molecule has 0 aliphatic heterocycles. The van der Waals surface area contributed by atoms with E-state index in [0.29, 0.717) is 5.92 Å². The van der Waals surface area contributed by atoms with Gasteiger partial charge >= 0.3 is 0 Å². The van der Waals surface area contributed by atoms with E-state index in [1.807, 2.05) is 6.92 Å². The van der Waals surface area contributed by atoms with Crippen molar-refractivity contribution in [1.82, 2.24) is 0 Å². The van der Waals surface area contributed by atoms with Crippen LogP contribution >= 0.6 is 12.6 Å². The molecule has 98 valence electrons. The zero-order valence-corrected chi connectivity index (χ0v) is 12.0. The lowest BCUT2D eigenvalue weighted by atomic mass is 10.0. The van der Waals surface area contributed by atoms with Crippen molar-refractivity contribution in [3.05, 3.63) is 0 Å². The van der Waals surface area contributed by atoms with Crippen LogP contribution in [0.4, 0.5) is 0 Å². The summed E-state index contributed by atoms with van der Waals surface area (Å²) in [6, 6.07) is 0. The summed E-state index contributed by atoms with van der Waals surface area (Å²) in [5, 5.41) is 0. The molecule has 0 aliphatic rings. The molecule has 0 rings (SSSR count). The van der Waals surface area contributed by atoms with Crippen LogP contribution in [-0.2, 0) is 9.47 Å². The molecule has 2 unspecified atom stereocenters. The Hall–Kier alpha value is 0.270. The summed E-state index contributed by atoms with van der Waals surface area (Å²) in [6.45, 7) is 8.84. The van der Waals surface area contributed by atoms with E-state index in [-0.39, 0.29) is 5.44 Å². The number of hydrogen-bond donors (Lipinski definition) is 1. The van der Waals surface area contributed by atoms with Gasteiger partial charge < -0.3 is 9.47 Å². The van der Waals surface area contributed by atoms with Crippen molar-refractivity contribution in [3.8, 4) is 0 Å². The summed E-state index contributed by atoms with van der Waals surface area (Å²) >= 11 is 4.41. The Bertz CT molecular complexity index is 142. The van der Waals surface area contributed by atoms with E-state index < -0.39 is 0 Å². The zero-order valence-electron chi connectivity index (χ0n) is 11.1. The van der Waals surface area contributed by atoms with Gasteiger partial charge in [-0.2, -0.15) is 0 Å². The van der Waals surface area contributed by atoms with Gasteiger partial charge in [-0.15, -0.1) is 12.6 Å². The number of unbranched alkanes of at least 4 members (excludes halogenated alkanes) is 1. The maximum Gasteiger partial charge on any atom is 0.102 e. The van der Waals surface area contributed by atoms with Gasteiger partial charge in [0.25, 0.3) is 0 Å². The summed E-state index contributed by atoms with van der Waals surface area (Å²) in [7, 11) is 0. The Labute approximate surface area is 107 Å². The Morgan fingerprint density at radius 1 is 1.12 bits per heavy atom. The highest BCUT2D eigenvalue weighted by Gasteiger charge is 2.09. The number of rotatable bonds is 11. The highest BCUT2D eigenvalue weighted by atomic mass is 32.1. The number of ether oxygens (including phenoxy) is 2. The topological polar surface area (TPSA) is 18.5 Å². The van der Waals surface area contributed by atoms with Crippen LogP contribution in [0, 0.1) is 5.92 Å². The Morgan fingerprint density at radius 3 is 2.44 bits per heavy atom. The first kappa shape index (κ1) is 16.3. The van der Waals surface area contributed by atoms with Gasteiger partial charge in [-0.25, -0.2) is 0 Å². The Balaban J connectivity index is 3.50. The van der Waals surface area contributed by atoms with Crippen molar-refractivity contribution in [2.75, 3.05) is 19.8 Å². The van der Waals surface area contributed by atoms with E-state index in [9.17, 15) is 0 Å². The summed E-state index contributed by atoms with van der Waals surface area (Å²) in [5.41, 5.74) is 0.0298. The molecule has 2 atom stereocenters. The fourth-order valence-corrected chi connectivity index (χ4v) is 1.75. The van der Waals surface area contributed by atoms with Crippen LogP contribution in [0.5, 0.6) is 0 Å². The molecule has 0 bridgehead atoms. The lowest BCUT2D eigenvalue weighted by Crippen LogP contribution is -2.15. The van der Waals surface area contributed by atoms with Crippen LogP contribution in [0.3, 0.4) is 0 Å². The van der Waals surface area contributed by atoms with Crippen LogP contribution in [0.2, 0.25) is 0 Å². The van der Waals surface area contributed by atoms with E-state index in [2.05, 4.69) is 26.5 Å². The van der Waals surface area contributed by atoms with Crippen molar-refractivity contribution in [2.24, 2.45) is 5.92 Å². The standard InChI is InChI=1S/C13H28O2S/c1-4-7-8-12(5-2)11-15-13(16)9-10-14-6-3/h12-13,16H,4-11H2,1-3H3. The molecule has 0 spiro atoms. The maximum atomic E-state index is 5.72. The van der Waals surface area contributed by atoms with Crippen LogP contribution in [0.15, 0.2) is 0 Å². The molecule has 0 fully saturated rings. The average Bonchev–Trinajstić information content (AvgIpc) is 2.30. The number of hydrogen-bond acceptors (Lipinski definition) is 3. The first-order valence-electron chi connectivity index (χ1n) is 6.61. The van der Waals surface area contributed by atoms with E-state index in [0.717, 1.165) is 26.2 Å². The first-order chi connectivity index (χ1) is 7.74. The van der Waals surface area contributed by atoms with Crippen LogP contribution < -0.4 is 0 Å². The van der Waals surface area contributed by atoms with Crippen molar-refractivity contribution < 1.29 is 9.47 Å². The van der Waals surface area contributed by atoms with Crippen LogP contribution in [-0.4, -0.2) is 25.3 Å². The molecule has 0 heterocycles. The van der Waals surface area contributed by atoms with Gasteiger partial charge in [0.05, 0.1) is 6.61 Å². The van der Waals surface area contributed by atoms with Crippen molar-refractivity contribution in [3.63, 3.8) is 0 Å². The molecule has 0 amide bonds. The molecular formula is C13H28O2S. The minimum atomic E-state index is 0.0298. The largest absolute Gasteiger partial charge is 0.382 e. The molecule has 0 N–H and O–H groups in total. The molecule has 0 radical (unpaired) electrons. The van der Waals surface area contributed by atoms with Gasteiger partial charge in [0.1, 0.15) is 5.44 Å². The second-order valence-corrected chi connectivity index (χ2v) is 4.77. The fraction of sp³-hybridized carbons (Fsp3) is 1.00. The predicted octanol–water partition coefficient (Wildman–Crippen LogP) is 3.90. The molecule has 2 nitrogen and oxygen atoms in total. The Morgan fingerprint density at radius 2 is 1.88 bits per heavy atom. The first-order valence-corrected chi connectivity index (χ1v) is 7.13. The highest BCUT2D eigenvalue weighted by molar-refractivity contribution is 7.80. The number of thiol groups is 1. The van der Waals surface area contributed by atoms with E-state index in [4.69, 9.17) is 9.47 Å². The minimum Gasteiger partial charge on any atom is -0.382 e. The third kappa shape index (κ3) is 9.49. The molecule has 16 heavy (non-hydrogen) atoms. The SMILES string of the molecule is CCCCC(CC)COC(S)CCOCC. The second kappa shape index (κ2) is 11.7. The van der Waals surface area contributed by atoms with Gasteiger partial charge in [0.15, 0.2) is 0 Å². The van der Waals surface area contributed by atoms with E-state index in [1.54, 1.807) is 0 Å². The van der Waals surface area contributed by atoms with E-state index >= 15 is 0 Å². The minimum absolute atomic E-state index is 0.0298. The molecule has 0 aromatic carbocycles. The molecular weight excluding hydrogens is 220 g/mol. The van der Waals surface area contributed by atoms with Crippen molar-refractivity contribution in [2.45, 2.75) is 58.3 Å². The molecule has 0 aliphatic carbocycles. The fourth-order valence-electron chi connectivity index (χ4n) is 1.56.